The fourth-order valence-electron chi connectivity index (χ4n) is 1.12. The summed E-state index contributed by atoms with van der Waals surface area (Å²) in [5, 5.41) is 8.68. The first-order valence-electron chi connectivity index (χ1n) is 2.99. The third-order valence-corrected chi connectivity index (χ3v) is 4.93. The van der Waals surface area contributed by atoms with Gasteiger partial charge < -0.3 is 5.11 Å². The molecule has 1 aliphatic rings. The van der Waals surface area contributed by atoms with Crippen LogP contribution in [0.25, 0.3) is 0 Å². The van der Waals surface area contributed by atoms with Gasteiger partial charge in [-0.25, -0.2) is 0 Å². The molecule has 0 radical (unpaired) electrons. The first kappa shape index (κ1) is 9.43. The van der Waals surface area contributed by atoms with Crippen molar-refractivity contribution in [3.63, 3.8) is 0 Å². The molecule has 0 heterocycles. The third kappa shape index (κ3) is 0.732. The third-order valence-electron chi connectivity index (χ3n) is 2.31. The Balaban J connectivity index is 3.06. The Morgan fingerprint density at radius 1 is 1.27 bits per heavy atom. The lowest BCUT2D eigenvalue weighted by Crippen LogP contribution is -2.23. The molecule has 1 aliphatic carbocycles. The van der Waals surface area contributed by atoms with E-state index >= 15 is 0 Å². The lowest BCUT2D eigenvalue weighted by molar-refractivity contribution is -0.138. The van der Waals surface area contributed by atoms with Crippen molar-refractivity contribution in [1.29, 1.82) is 0 Å². The lowest BCUT2D eigenvalue weighted by Gasteiger charge is -2.02. The van der Waals surface area contributed by atoms with Crippen molar-refractivity contribution in [2.45, 2.75) is 23.1 Å². The highest BCUT2D eigenvalue weighted by Crippen LogP contribution is 2.75. The van der Waals surface area contributed by atoms with Crippen molar-refractivity contribution in [2.75, 3.05) is 0 Å². The summed E-state index contributed by atoms with van der Waals surface area (Å²) in [4.78, 5) is 9.08. The fourth-order valence-corrected chi connectivity index (χ4v) is 2.37. The lowest BCUT2D eigenvalue weighted by atomic mass is 10.1. The molecule has 0 amide bonds. The zero-order valence-corrected chi connectivity index (χ0v) is 8.26. The van der Waals surface area contributed by atoms with Crippen molar-refractivity contribution in [3.05, 3.63) is 0 Å². The molecule has 0 spiro atoms. The van der Waals surface area contributed by atoms with Crippen molar-refractivity contribution in [2.24, 2.45) is 5.41 Å². The Labute approximate surface area is 79.4 Å². The van der Waals surface area contributed by atoms with Crippen LogP contribution in [0.2, 0.25) is 0 Å². The van der Waals surface area contributed by atoms with Crippen LogP contribution in [-0.2, 0) is 4.79 Å². The Bertz CT molecular complexity index is 208. The minimum atomic E-state index is -1.54. The smallest absolute Gasteiger partial charge is 0.328 e. The highest BCUT2D eigenvalue weighted by molar-refractivity contribution is 6.63. The maximum absolute atomic E-state index is 10.6. The number of rotatable bonds is 1. The minimum absolute atomic E-state index is 0.781. The second-order valence-corrected chi connectivity index (χ2v) is 5.06. The first-order valence-corrected chi connectivity index (χ1v) is 4.13. The molecule has 64 valence electrons. The van der Waals surface area contributed by atoms with E-state index in [1.54, 1.807) is 13.8 Å². The Hall–Kier alpha value is 0.340. The number of halogens is 3. The highest BCUT2D eigenvalue weighted by atomic mass is 35.5. The summed E-state index contributed by atoms with van der Waals surface area (Å²) in [5.41, 5.74) is -0.781. The van der Waals surface area contributed by atoms with Crippen molar-refractivity contribution in [3.8, 4) is 0 Å². The van der Waals surface area contributed by atoms with Gasteiger partial charge >= 0.3 is 5.97 Å². The summed E-state index contributed by atoms with van der Waals surface area (Å²) >= 11 is 17.1. The number of carboxylic acid groups (broad SMARTS) is 1. The van der Waals surface area contributed by atoms with Gasteiger partial charge in [-0.2, -0.15) is 0 Å². The van der Waals surface area contributed by atoms with Gasteiger partial charge in [0, 0.05) is 5.41 Å². The van der Waals surface area contributed by atoms with Crippen LogP contribution in [0.4, 0.5) is 0 Å². The van der Waals surface area contributed by atoms with Gasteiger partial charge in [0.05, 0.1) is 0 Å². The summed E-state index contributed by atoms with van der Waals surface area (Å²) < 4.78 is -1.37. The van der Waals surface area contributed by atoms with Crippen LogP contribution in [-0.4, -0.2) is 20.3 Å². The quantitative estimate of drug-likeness (QED) is 0.684. The molecule has 11 heavy (non-hydrogen) atoms. The van der Waals surface area contributed by atoms with E-state index in [1.165, 1.54) is 0 Å². The predicted molar refractivity (Wildman–Crippen MR) is 44.4 cm³/mol. The molecule has 0 saturated heterocycles. The molecule has 0 bridgehead atoms. The van der Waals surface area contributed by atoms with Crippen molar-refractivity contribution >= 4 is 40.8 Å². The van der Waals surface area contributed by atoms with E-state index < -0.39 is 20.6 Å². The molecule has 1 N–H and O–H groups in total. The average Bonchev–Trinajstić information content (AvgIpc) is 2.11. The van der Waals surface area contributed by atoms with Crippen LogP contribution in [0, 0.1) is 5.41 Å². The minimum Gasteiger partial charge on any atom is -0.480 e. The van der Waals surface area contributed by atoms with E-state index in [0.29, 0.717) is 0 Å². The molecule has 1 saturated carbocycles. The molecule has 5 heteroatoms. The fraction of sp³-hybridized carbons (Fsp3) is 0.833. The number of carboxylic acids is 1. The molecule has 1 fully saturated rings. The zero-order chi connectivity index (χ0) is 9.08. The van der Waals surface area contributed by atoms with Gasteiger partial charge in [-0.1, -0.05) is 37.0 Å². The largest absolute Gasteiger partial charge is 0.480 e. The topological polar surface area (TPSA) is 37.3 Å². The van der Waals surface area contributed by atoms with E-state index in [4.69, 9.17) is 39.9 Å². The summed E-state index contributed by atoms with van der Waals surface area (Å²) in [7, 11) is 0. The van der Waals surface area contributed by atoms with Crippen LogP contribution in [0.3, 0.4) is 0 Å². The summed E-state index contributed by atoms with van der Waals surface area (Å²) in [5.74, 6) is -1.17. The molecular weight excluding hydrogens is 210 g/mol. The Morgan fingerprint density at radius 2 is 1.55 bits per heavy atom. The number of carbonyl (C=O) groups is 1. The van der Waals surface area contributed by atoms with Crippen molar-refractivity contribution < 1.29 is 9.90 Å². The SMILES string of the molecule is CC1(C)C(Cl)(Cl)C1(Cl)C(=O)O. The molecule has 0 aliphatic heterocycles. The van der Waals surface area contributed by atoms with Crippen LogP contribution >= 0.6 is 34.8 Å². The molecule has 2 nitrogen and oxygen atoms in total. The monoisotopic (exact) mass is 216 g/mol. The van der Waals surface area contributed by atoms with E-state index in [-0.39, 0.29) is 0 Å². The van der Waals surface area contributed by atoms with Gasteiger partial charge in [0.2, 0.25) is 0 Å². The molecule has 1 atom stereocenters. The van der Waals surface area contributed by atoms with E-state index in [0.717, 1.165) is 0 Å². The number of hydrogen-bond acceptors (Lipinski definition) is 1. The standard InChI is InChI=1S/C6H7Cl3O2/c1-4(2)5(7,3(10)11)6(4,8)9/h1-2H3,(H,10,11). The molecule has 0 aromatic heterocycles. The normalized spacial score (nSPS) is 38.3. The highest BCUT2D eigenvalue weighted by Gasteiger charge is 2.86. The van der Waals surface area contributed by atoms with E-state index in [9.17, 15) is 4.79 Å². The molecular formula is C6H7Cl3O2. The van der Waals surface area contributed by atoms with Gasteiger partial charge in [0.15, 0.2) is 9.21 Å². The molecule has 0 aromatic rings. The number of alkyl halides is 3. The predicted octanol–water partition coefficient (Wildman–Crippen LogP) is 2.26. The number of aliphatic carboxylic acids is 1. The second kappa shape index (κ2) is 1.98. The van der Waals surface area contributed by atoms with Crippen molar-refractivity contribution in [1.82, 2.24) is 0 Å². The van der Waals surface area contributed by atoms with Gasteiger partial charge in [-0.3, -0.25) is 4.79 Å². The van der Waals surface area contributed by atoms with Crippen LogP contribution in [0.15, 0.2) is 0 Å². The molecule has 1 rings (SSSR count). The maximum atomic E-state index is 10.6. The molecule has 0 aromatic carbocycles. The van der Waals surface area contributed by atoms with Crippen LogP contribution in [0.5, 0.6) is 0 Å². The van der Waals surface area contributed by atoms with Gasteiger partial charge in [-0.15, -0.1) is 11.6 Å². The van der Waals surface area contributed by atoms with Gasteiger partial charge in [0.25, 0.3) is 0 Å². The first-order chi connectivity index (χ1) is 4.69. The van der Waals surface area contributed by atoms with E-state index in [2.05, 4.69) is 0 Å². The van der Waals surface area contributed by atoms with Crippen LogP contribution < -0.4 is 0 Å². The van der Waals surface area contributed by atoms with E-state index in [1.807, 2.05) is 0 Å². The van der Waals surface area contributed by atoms with Gasteiger partial charge in [-0.05, 0) is 0 Å². The molecule has 1 unspecified atom stereocenters. The van der Waals surface area contributed by atoms with Gasteiger partial charge in [0.1, 0.15) is 0 Å². The summed E-state index contributed by atoms with van der Waals surface area (Å²) in [6, 6.07) is 0. The second-order valence-electron chi connectivity index (χ2n) is 3.16. The number of hydrogen-bond donors (Lipinski definition) is 1. The van der Waals surface area contributed by atoms with Crippen LogP contribution in [0.1, 0.15) is 13.8 Å². The average molecular weight is 217 g/mol. The zero-order valence-electron chi connectivity index (χ0n) is 5.99. The summed E-state index contributed by atoms with van der Waals surface area (Å²) in [6.45, 7) is 3.24. The Morgan fingerprint density at radius 3 is 1.55 bits per heavy atom. The Kier molecular flexibility index (Phi) is 1.70. The summed E-state index contributed by atoms with van der Waals surface area (Å²) in [6.07, 6.45) is 0. The maximum Gasteiger partial charge on any atom is 0.328 e.